The highest BCUT2D eigenvalue weighted by Crippen LogP contribution is 2.36. The Morgan fingerprint density at radius 3 is 2.45 bits per heavy atom. The van der Waals surface area contributed by atoms with Gasteiger partial charge in [-0.2, -0.15) is 0 Å². The summed E-state index contributed by atoms with van der Waals surface area (Å²) in [6.07, 6.45) is 2.16. The SMILES string of the molecule is O=C1C[C@H](N2CCC(c3nc4ccccc4s3)CC2)C(=O)N1c1ccc(Cl)cc1. The number of anilines is 1. The van der Waals surface area contributed by atoms with Crippen LogP contribution in [0.4, 0.5) is 5.69 Å². The number of amides is 2. The second kappa shape index (κ2) is 7.52. The molecule has 0 radical (unpaired) electrons. The van der Waals surface area contributed by atoms with Crippen molar-refractivity contribution in [3.05, 3.63) is 58.6 Å². The molecule has 0 aliphatic carbocycles. The minimum Gasteiger partial charge on any atom is -0.291 e. The van der Waals surface area contributed by atoms with E-state index in [4.69, 9.17) is 16.6 Å². The van der Waals surface area contributed by atoms with Crippen molar-refractivity contribution < 1.29 is 9.59 Å². The van der Waals surface area contributed by atoms with Gasteiger partial charge in [0.05, 0.1) is 33.4 Å². The van der Waals surface area contributed by atoms with E-state index < -0.39 is 0 Å². The summed E-state index contributed by atoms with van der Waals surface area (Å²) in [6, 6.07) is 14.7. The summed E-state index contributed by atoms with van der Waals surface area (Å²) in [7, 11) is 0. The van der Waals surface area contributed by atoms with E-state index in [1.54, 1.807) is 35.6 Å². The lowest BCUT2D eigenvalue weighted by molar-refractivity contribution is -0.123. The molecule has 0 saturated carbocycles. The zero-order chi connectivity index (χ0) is 20.0. The molecule has 2 saturated heterocycles. The number of halogens is 1. The Balaban J connectivity index is 1.27. The molecule has 3 aromatic rings. The molecule has 2 aliphatic rings. The van der Waals surface area contributed by atoms with E-state index in [-0.39, 0.29) is 24.3 Å². The fourth-order valence-electron chi connectivity index (χ4n) is 4.29. The van der Waals surface area contributed by atoms with Crippen molar-refractivity contribution in [1.82, 2.24) is 9.88 Å². The number of hydrogen-bond donors (Lipinski definition) is 0. The number of fused-ring (bicyclic) bond motifs is 1. The standard InChI is InChI=1S/C22H20ClN3O2S/c23-15-5-7-16(8-6-15)26-20(27)13-18(22(26)28)25-11-9-14(10-12-25)21-24-17-3-1-2-4-19(17)29-21/h1-8,14,18H,9-13H2/t18-/m0/s1. The average Bonchev–Trinajstić information content (AvgIpc) is 3.30. The number of likely N-dealkylation sites (tertiary alicyclic amines) is 1. The van der Waals surface area contributed by atoms with Crippen molar-refractivity contribution in [3.63, 3.8) is 0 Å². The Morgan fingerprint density at radius 1 is 1.00 bits per heavy atom. The highest BCUT2D eigenvalue weighted by Gasteiger charge is 2.43. The van der Waals surface area contributed by atoms with Crippen LogP contribution in [0.1, 0.15) is 30.2 Å². The molecule has 2 amide bonds. The van der Waals surface area contributed by atoms with E-state index in [9.17, 15) is 9.59 Å². The molecule has 0 N–H and O–H groups in total. The molecule has 1 atom stereocenters. The number of imide groups is 1. The molecule has 2 aromatic carbocycles. The lowest BCUT2D eigenvalue weighted by Crippen LogP contribution is -2.45. The van der Waals surface area contributed by atoms with Crippen LogP contribution in [0, 0.1) is 0 Å². The van der Waals surface area contributed by atoms with Gasteiger partial charge in [-0.1, -0.05) is 23.7 Å². The topological polar surface area (TPSA) is 53.5 Å². The van der Waals surface area contributed by atoms with Gasteiger partial charge in [-0.25, -0.2) is 9.88 Å². The maximum Gasteiger partial charge on any atom is 0.251 e. The van der Waals surface area contributed by atoms with Crippen molar-refractivity contribution in [2.24, 2.45) is 0 Å². The number of aromatic nitrogens is 1. The van der Waals surface area contributed by atoms with E-state index in [1.807, 2.05) is 12.1 Å². The van der Waals surface area contributed by atoms with E-state index in [2.05, 4.69) is 17.0 Å². The van der Waals surface area contributed by atoms with Crippen LogP contribution in [-0.4, -0.2) is 40.8 Å². The molecule has 1 aromatic heterocycles. The molecule has 0 spiro atoms. The van der Waals surface area contributed by atoms with Crippen LogP contribution in [0.2, 0.25) is 5.02 Å². The number of nitrogens with zero attached hydrogens (tertiary/aromatic N) is 3. The van der Waals surface area contributed by atoms with Gasteiger partial charge in [0, 0.05) is 10.9 Å². The third-order valence-electron chi connectivity index (χ3n) is 5.84. The summed E-state index contributed by atoms with van der Waals surface area (Å²) in [5, 5.41) is 1.77. The van der Waals surface area contributed by atoms with Gasteiger partial charge in [0.15, 0.2) is 0 Å². The molecule has 2 fully saturated rings. The van der Waals surface area contributed by atoms with Gasteiger partial charge < -0.3 is 0 Å². The van der Waals surface area contributed by atoms with Gasteiger partial charge in [-0.05, 0) is 62.3 Å². The molecule has 29 heavy (non-hydrogen) atoms. The van der Waals surface area contributed by atoms with Crippen molar-refractivity contribution in [2.75, 3.05) is 18.0 Å². The van der Waals surface area contributed by atoms with Gasteiger partial charge in [-0.15, -0.1) is 11.3 Å². The second-order valence-corrected chi connectivity index (χ2v) is 9.09. The molecule has 148 valence electrons. The number of piperidine rings is 1. The maximum absolute atomic E-state index is 13.0. The minimum atomic E-state index is -0.366. The number of carbonyl (C=O) groups is 2. The first-order valence-electron chi connectivity index (χ1n) is 9.82. The van der Waals surface area contributed by atoms with E-state index in [0.29, 0.717) is 16.6 Å². The summed E-state index contributed by atoms with van der Waals surface area (Å²) < 4.78 is 1.22. The van der Waals surface area contributed by atoms with Gasteiger partial charge in [-0.3, -0.25) is 14.5 Å². The third-order valence-corrected chi connectivity index (χ3v) is 7.29. The molecule has 2 aliphatic heterocycles. The van der Waals surface area contributed by atoms with Crippen LogP contribution in [-0.2, 0) is 9.59 Å². The molecule has 3 heterocycles. The number of carbonyl (C=O) groups excluding carboxylic acids is 2. The smallest absolute Gasteiger partial charge is 0.251 e. The Kier molecular flexibility index (Phi) is 4.86. The Bertz CT molecular complexity index is 1040. The third kappa shape index (κ3) is 3.45. The quantitative estimate of drug-likeness (QED) is 0.581. The van der Waals surface area contributed by atoms with Gasteiger partial charge in [0.2, 0.25) is 5.91 Å². The Hall–Kier alpha value is -2.28. The van der Waals surface area contributed by atoms with Crippen LogP contribution in [0.15, 0.2) is 48.5 Å². The van der Waals surface area contributed by atoms with Crippen molar-refractivity contribution in [2.45, 2.75) is 31.2 Å². The molecule has 5 rings (SSSR count). The molecular weight excluding hydrogens is 406 g/mol. The van der Waals surface area contributed by atoms with Crippen LogP contribution < -0.4 is 4.90 Å². The highest BCUT2D eigenvalue weighted by molar-refractivity contribution is 7.18. The fourth-order valence-corrected chi connectivity index (χ4v) is 5.55. The van der Waals surface area contributed by atoms with Crippen LogP contribution in [0.3, 0.4) is 0 Å². The number of hydrogen-bond acceptors (Lipinski definition) is 5. The minimum absolute atomic E-state index is 0.129. The summed E-state index contributed by atoms with van der Waals surface area (Å²) in [5.74, 6) is 0.148. The van der Waals surface area contributed by atoms with Crippen molar-refractivity contribution >= 4 is 50.7 Å². The molecule has 5 nitrogen and oxygen atoms in total. The molecule has 0 bridgehead atoms. The van der Waals surface area contributed by atoms with Gasteiger partial charge in [0.25, 0.3) is 5.91 Å². The zero-order valence-corrected chi connectivity index (χ0v) is 17.3. The summed E-state index contributed by atoms with van der Waals surface area (Å²) in [4.78, 5) is 33.8. The summed E-state index contributed by atoms with van der Waals surface area (Å²) in [6.45, 7) is 1.61. The number of para-hydroxylation sites is 1. The van der Waals surface area contributed by atoms with Crippen LogP contribution in [0.5, 0.6) is 0 Å². The predicted molar refractivity (Wildman–Crippen MR) is 116 cm³/mol. The van der Waals surface area contributed by atoms with E-state index >= 15 is 0 Å². The first kappa shape index (κ1) is 18.7. The first-order valence-corrected chi connectivity index (χ1v) is 11.0. The lowest BCUT2D eigenvalue weighted by Gasteiger charge is -2.34. The van der Waals surface area contributed by atoms with Gasteiger partial charge >= 0.3 is 0 Å². The molecule has 7 heteroatoms. The predicted octanol–water partition coefficient (Wildman–Crippen LogP) is 4.46. The van der Waals surface area contributed by atoms with Crippen molar-refractivity contribution in [1.29, 1.82) is 0 Å². The summed E-state index contributed by atoms with van der Waals surface area (Å²) >= 11 is 7.70. The van der Waals surface area contributed by atoms with Crippen molar-refractivity contribution in [3.8, 4) is 0 Å². The second-order valence-electron chi connectivity index (χ2n) is 7.59. The van der Waals surface area contributed by atoms with Crippen LogP contribution in [0.25, 0.3) is 10.2 Å². The number of benzene rings is 2. The zero-order valence-electron chi connectivity index (χ0n) is 15.8. The highest BCUT2D eigenvalue weighted by atomic mass is 35.5. The number of rotatable bonds is 3. The molecular formula is C22H20ClN3O2S. The normalized spacial score (nSPS) is 21.4. The summed E-state index contributed by atoms with van der Waals surface area (Å²) in [5.41, 5.74) is 1.65. The van der Waals surface area contributed by atoms with Crippen LogP contribution >= 0.6 is 22.9 Å². The average molecular weight is 426 g/mol. The van der Waals surface area contributed by atoms with E-state index in [1.165, 1.54) is 14.6 Å². The molecule has 0 unspecified atom stereocenters. The largest absolute Gasteiger partial charge is 0.291 e. The van der Waals surface area contributed by atoms with Gasteiger partial charge in [0.1, 0.15) is 0 Å². The maximum atomic E-state index is 13.0. The Labute approximate surface area is 177 Å². The lowest BCUT2D eigenvalue weighted by atomic mass is 9.96. The van der Waals surface area contributed by atoms with E-state index in [0.717, 1.165) is 31.4 Å². The Morgan fingerprint density at radius 2 is 1.72 bits per heavy atom. The fraction of sp³-hybridized carbons (Fsp3) is 0.318. The number of thiazole rings is 1. The monoisotopic (exact) mass is 425 g/mol. The first-order chi connectivity index (χ1) is 14.1.